The van der Waals surface area contributed by atoms with Crippen LogP contribution in [0.15, 0.2) is 12.7 Å². The Balaban J connectivity index is 3.39. The molecule has 0 aliphatic rings. The molecule has 90 valence electrons. The van der Waals surface area contributed by atoms with E-state index in [1.807, 2.05) is 0 Å². The minimum atomic E-state index is -0.331. The average Bonchev–Trinajstić information content (AvgIpc) is 2.14. The molecule has 0 bridgehead atoms. The summed E-state index contributed by atoms with van der Waals surface area (Å²) in [4.78, 5) is 0. The lowest BCUT2D eigenvalue weighted by Crippen LogP contribution is -2.12. The number of rotatable bonds is 9. The van der Waals surface area contributed by atoms with Crippen molar-refractivity contribution >= 4 is 0 Å². The second-order valence-corrected chi connectivity index (χ2v) is 4.73. The van der Waals surface area contributed by atoms with Gasteiger partial charge in [0.25, 0.3) is 0 Å². The summed E-state index contributed by atoms with van der Waals surface area (Å²) in [5, 5.41) is 19.1. The Kier molecular flexibility index (Phi) is 8.73. The van der Waals surface area contributed by atoms with Crippen LogP contribution in [0.2, 0.25) is 0 Å². The Morgan fingerprint density at radius 2 is 1.60 bits per heavy atom. The molecule has 0 heterocycles. The van der Waals surface area contributed by atoms with Crippen LogP contribution in [0.4, 0.5) is 0 Å². The third-order valence-corrected chi connectivity index (χ3v) is 2.59. The van der Waals surface area contributed by atoms with Gasteiger partial charge in [-0.1, -0.05) is 32.8 Å². The zero-order valence-corrected chi connectivity index (χ0v) is 10.2. The van der Waals surface area contributed by atoms with E-state index in [0.29, 0.717) is 25.2 Å². The van der Waals surface area contributed by atoms with Crippen LogP contribution in [-0.2, 0) is 0 Å². The van der Waals surface area contributed by atoms with Gasteiger partial charge in [0, 0.05) is 0 Å². The lowest BCUT2D eigenvalue weighted by atomic mass is 10.0. The van der Waals surface area contributed by atoms with E-state index < -0.39 is 0 Å². The molecule has 0 radical (unpaired) electrons. The van der Waals surface area contributed by atoms with Crippen LogP contribution >= 0.6 is 0 Å². The predicted octanol–water partition coefficient (Wildman–Crippen LogP) is 2.89. The molecular formula is C13H26O2. The number of aliphatic hydroxyl groups excluding tert-OH is 2. The van der Waals surface area contributed by atoms with Gasteiger partial charge in [-0.3, -0.25) is 0 Å². The highest BCUT2D eigenvalue weighted by atomic mass is 16.3. The van der Waals surface area contributed by atoms with Gasteiger partial charge >= 0.3 is 0 Å². The minimum Gasteiger partial charge on any atom is -0.393 e. The molecule has 0 amide bonds. The quantitative estimate of drug-likeness (QED) is 0.579. The number of aliphatic hydroxyl groups is 2. The van der Waals surface area contributed by atoms with Crippen molar-refractivity contribution in [3.05, 3.63) is 12.7 Å². The zero-order chi connectivity index (χ0) is 11.7. The second-order valence-electron chi connectivity index (χ2n) is 4.73. The molecule has 0 saturated carbocycles. The summed E-state index contributed by atoms with van der Waals surface area (Å²) in [6.07, 6.45) is 6.25. The summed E-state index contributed by atoms with van der Waals surface area (Å²) in [6.45, 7) is 7.96. The molecule has 0 spiro atoms. The molecule has 2 heteroatoms. The molecule has 0 aromatic rings. The van der Waals surface area contributed by atoms with Crippen molar-refractivity contribution in [1.29, 1.82) is 0 Å². The fourth-order valence-corrected chi connectivity index (χ4v) is 1.60. The van der Waals surface area contributed by atoms with Gasteiger partial charge in [0.05, 0.1) is 12.2 Å². The van der Waals surface area contributed by atoms with Gasteiger partial charge < -0.3 is 10.2 Å². The highest BCUT2D eigenvalue weighted by Crippen LogP contribution is 2.13. The number of hydrogen-bond acceptors (Lipinski definition) is 2. The van der Waals surface area contributed by atoms with E-state index in [2.05, 4.69) is 20.4 Å². The van der Waals surface area contributed by atoms with E-state index in [-0.39, 0.29) is 12.2 Å². The lowest BCUT2D eigenvalue weighted by Gasteiger charge is -2.13. The highest BCUT2D eigenvalue weighted by molar-refractivity contribution is 4.73. The number of hydrogen-bond donors (Lipinski definition) is 2. The van der Waals surface area contributed by atoms with Gasteiger partial charge in [0.15, 0.2) is 0 Å². The lowest BCUT2D eigenvalue weighted by molar-refractivity contribution is 0.108. The van der Waals surface area contributed by atoms with Crippen molar-refractivity contribution in [3.63, 3.8) is 0 Å². The fourth-order valence-electron chi connectivity index (χ4n) is 1.60. The maximum absolute atomic E-state index is 9.64. The maximum atomic E-state index is 9.64. The highest BCUT2D eigenvalue weighted by Gasteiger charge is 2.08. The molecule has 0 saturated heterocycles. The first kappa shape index (κ1) is 14.7. The summed E-state index contributed by atoms with van der Waals surface area (Å²) < 4.78 is 0. The SMILES string of the molecule is C=CC[C@@H](O)CC[C@H](O)CCCC(C)C. The minimum absolute atomic E-state index is 0.247. The van der Waals surface area contributed by atoms with Gasteiger partial charge in [-0.05, 0) is 31.6 Å². The summed E-state index contributed by atoms with van der Waals surface area (Å²) in [5.74, 6) is 0.712. The maximum Gasteiger partial charge on any atom is 0.0575 e. The van der Waals surface area contributed by atoms with E-state index in [9.17, 15) is 10.2 Å². The first-order valence-corrected chi connectivity index (χ1v) is 6.03. The molecule has 0 aromatic carbocycles. The largest absolute Gasteiger partial charge is 0.393 e. The van der Waals surface area contributed by atoms with Crippen molar-refractivity contribution in [2.75, 3.05) is 0 Å². The third-order valence-electron chi connectivity index (χ3n) is 2.59. The van der Waals surface area contributed by atoms with E-state index in [4.69, 9.17) is 0 Å². The fraction of sp³-hybridized carbons (Fsp3) is 0.846. The molecule has 0 aliphatic carbocycles. The Hall–Kier alpha value is -0.340. The van der Waals surface area contributed by atoms with Gasteiger partial charge in [0.1, 0.15) is 0 Å². The normalized spacial score (nSPS) is 15.3. The topological polar surface area (TPSA) is 40.5 Å². The van der Waals surface area contributed by atoms with Crippen molar-refractivity contribution in [3.8, 4) is 0 Å². The molecule has 0 aliphatic heterocycles. The third kappa shape index (κ3) is 9.95. The average molecular weight is 214 g/mol. The Bertz CT molecular complexity index is 155. The van der Waals surface area contributed by atoms with Crippen LogP contribution in [0.5, 0.6) is 0 Å². The van der Waals surface area contributed by atoms with Crippen LogP contribution in [-0.4, -0.2) is 22.4 Å². The van der Waals surface area contributed by atoms with Crippen LogP contribution < -0.4 is 0 Å². The van der Waals surface area contributed by atoms with Gasteiger partial charge in [-0.15, -0.1) is 6.58 Å². The van der Waals surface area contributed by atoms with E-state index in [1.165, 1.54) is 6.42 Å². The van der Waals surface area contributed by atoms with Crippen LogP contribution in [0.1, 0.15) is 52.4 Å². The van der Waals surface area contributed by atoms with Gasteiger partial charge in [0.2, 0.25) is 0 Å². The van der Waals surface area contributed by atoms with E-state index in [0.717, 1.165) is 12.8 Å². The molecule has 0 aromatic heterocycles. The summed E-state index contributed by atoms with van der Waals surface area (Å²) in [7, 11) is 0. The molecule has 0 unspecified atom stereocenters. The predicted molar refractivity (Wildman–Crippen MR) is 64.8 cm³/mol. The monoisotopic (exact) mass is 214 g/mol. The standard InChI is InChI=1S/C13H26O2/c1-4-6-12(14)9-10-13(15)8-5-7-11(2)3/h4,11-15H,1,5-10H2,2-3H3/t12-,13-/m1/s1. The van der Waals surface area contributed by atoms with E-state index in [1.54, 1.807) is 6.08 Å². The van der Waals surface area contributed by atoms with Crippen LogP contribution in [0.3, 0.4) is 0 Å². The molecule has 2 nitrogen and oxygen atoms in total. The molecule has 0 rings (SSSR count). The summed E-state index contributed by atoms with van der Waals surface area (Å²) in [5.41, 5.74) is 0. The first-order valence-electron chi connectivity index (χ1n) is 6.03. The second kappa shape index (κ2) is 8.93. The Morgan fingerprint density at radius 3 is 2.13 bits per heavy atom. The zero-order valence-electron chi connectivity index (χ0n) is 10.2. The van der Waals surface area contributed by atoms with Gasteiger partial charge in [-0.2, -0.15) is 0 Å². The molecule has 2 N–H and O–H groups in total. The summed E-state index contributed by atoms with van der Waals surface area (Å²) in [6, 6.07) is 0. The molecule has 15 heavy (non-hydrogen) atoms. The molecule has 2 atom stereocenters. The first-order chi connectivity index (χ1) is 7.06. The van der Waals surface area contributed by atoms with Crippen LogP contribution in [0, 0.1) is 5.92 Å². The van der Waals surface area contributed by atoms with Crippen molar-refractivity contribution in [1.82, 2.24) is 0 Å². The molecular weight excluding hydrogens is 188 g/mol. The summed E-state index contributed by atoms with van der Waals surface area (Å²) >= 11 is 0. The van der Waals surface area contributed by atoms with Crippen molar-refractivity contribution < 1.29 is 10.2 Å². The van der Waals surface area contributed by atoms with Crippen LogP contribution in [0.25, 0.3) is 0 Å². The molecule has 0 fully saturated rings. The van der Waals surface area contributed by atoms with Gasteiger partial charge in [-0.25, -0.2) is 0 Å². The Labute approximate surface area is 94.0 Å². The van der Waals surface area contributed by atoms with Crippen molar-refractivity contribution in [2.45, 2.75) is 64.6 Å². The van der Waals surface area contributed by atoms with Crippen molar-refractivity contribution in [2.24, 2.45) is 5.92 Å². The van der Waals surface area contributed by atoms with E-state index >= 15 is 0 Å². The Morgan fingerprint density at radius 1 is 1.00 bits per heavy atom. The smallest absolute Gasteiger partial charge is 0.0575 e.